The molecule has 6 heteroatoms. The fourth-order valence-corrected chi connectivity index (χ4v) is 2.42. The van der Waals surface area contributed by atoms with E-state index in [2.05, 4.69) is 21.8 Å². The number of methoxy groups -OCH3 is 1. The number of nitrogens with two attached hydrogens (primary N) is 1. The molecule has 0 saturated heterocycles. The van der Waals surface area contributed by atoms with Gasteiger partial charge in [0, 0.05) is 25.4 Å². The SMILES string of the molecule is COCCN(c1nc(C)cc(C(N)=S)n1)C(C)C1CC1. The van der Waals surface area contributed by atoms with Crippen molar-refractivity contribution >= 4 is 23.2 Å². The maximum Gasteiger partial charge on any atom is 0.226 e. The molecule has 1 atom stereocenters. The third kappa shape index (κ3) is 3.64. The van der Waals surface area contributed by atoms with E-state index in [9.17, 15) is 0 Å². The van der Waals surface area contributed by atoms with Crippen LogP contribution in [-0.2, 0) is 4.74 Å². The Morgan fingerprint density at radius 1 is 1.55 bits per heavy atom. The van der Waals surface area contributed by atoms with Crippen molar-refractivity contribution in [1.29, 1.82) is 0 Å². The number of hydrogen-bond acceptors (Lipinski definition) is 5. The summed E-state index contributed by atoms with van der Waals surface area (Å²) in [4.78, 5) is 11.6. The molecule has 0 amide bonds. The lowest BCUT2D eigenvalue weighted by molar-refractivity contribution is 0.202. The Morgan fingerprint density at radius 2 is 2.25 bits per heavy atom. The molecule has 0 aliphatic heterocycles. The summed E-state index contributed by atoms with van der Waals surface area (Å²) in [7, 11) is 1.71. The van der Waals surface area contributed by atoms with E-state index in [4.69, 9.17) is 22.7 Å². The minimum atomic E-state index is 0.308. The fourth-order valence-electron chi connectivity index (χ4n) is 2.32. The lowest BCUT2D eigenvalue weighted by Crippen LogP contribution is -2.39. The highest BCUT2D eigenvalue weighted by Gasteiger charge is 2.33. The van der Waals surface area contributed by atoms with Crippen molar-refractivity contribution in [2.75, 3.05) is 25.2 Å². The van der Waals surface area contributed by atoms with Crippen molar-refractivity contribution in [1.82, 2.24) is 9.97 Å². The summed E-state index contributed by atoms with van der Waals surface area (Å²) in [6.07, 6.45) is 2.55. The summed E-state index contributed by atoms with van der Waals surface area (Å²) >= 11 is 5.03. The van der Waals surface area contributed by atoms with Crippen LogP contribution in [0, 0.1) is 12.8 Å². The highest BCUT2D eigenvalue weighted by Crippen LogP contribution is 2.36. The molecule has 0 radical (unpaired) electrons. The van der Waals surface area contributed by atoms with Crippen molar-refractivity contribution in [2.24, 2.45) is 11.7 Å². The highest BCUT2D eigenvalue weighted by atomic mass is 32.1. The van der Waals surface area contributed by atoms with Crippen LogP contribution in [0.4, 0.5) is 5.95 Å². The molecule has 5 nitrogen and oxygen atoms in total. The zero-order valence-corrected chi connectivity index (χ0v) is 13.1. The normalized spacial score (nSPS) is 15.9. The number of thiocarbonyl (C=S) groups is 1. The summed E-state index contributed by atoms with van der Waals surface area (Å²) < 4.78 is 5.20. The third-order valence-corrected chi connectivity index (χ3v) is 3.89. The monoisotopic (exact) mass is 294 g/mol. The summed E-state index contributed by atoms with van der Waals surface area (Å²) in [5, 5.41) is 0. The molecule has 0 bridgehead atoms. The van der Waals surface area contributed by atoms with Gasteiger partial charge < -0.3 is 15.4 Å². The Kier molecular flexibility index (Phi) is 4.88. The lowest BCUT2D eigenvalue weighted by Gasteiger charge is -2.29. The van der Waals surface area contributed by atoms with Crippen LogP contribution in [0.5, 0.6) is 0 Å². The molecule has 1 aliphatic carbocycles. The number of ether oxygens (including phenoxy) is 1. The Labute approximate surface area is 125 Å². The van der Waals surface area contributed by atoms with Gasteiger partial charge in [0.2, 0.25) is 5.95 Å². The predicted octanol–water partition coefficient (Wildman–Crippen LogP) is 1.67. The molecule has 1 saturated carbocycles. The molecule has 2 N–H and O–H groups in total. The molecule has 1 heterocycles. The first-order chi connectivity index (χ1) is 9.52. The average Bonchev–Trinajstić information content (AvgIpc) is 3.22. The second kappa shape index (κ2) is 6.45. The fraction of sp³-hybridized carbons (Fsp3) is 0.643. The largest absolute Gasteiger partial charge is 0.388 e. The van der Waals surface area contributed by atoms with E-state index in [0.717, 1.165) is 18.2 Å². The molecular formula is C14H22N4OS. The first kappa shape index (κ1) is 15.1. The number of hydrogen-bond donors (Lipinski definition) is 1. The van der Waals surface area contributed by atoms with Gasteiger partial charge in [-0.05, 0) is 38.7 Å². The number of aromatic nitrogens is 2. The van der Waals surface area contributed by atoms with E-state index in [0.29, 0.717) is 29.3 Å². The molecule has 0 spiro atoms. The number of aryl methyl sites for hydroxylation is 1. The maximum absolute atomic E-state index is 5.70. The van der Waals surface area contributed by atoms with E-state index in [1.54, 1.807) is 7.11 Å². The number of nitrogens with zero attached hydrogens (tertiary/aromatic N) is 3. The number of anilines is 1. The van der Waals surface area contributed by atoms with E-state index in [1.165, 1.54) is 12.8 Å². The van der Waals surface area contributed by atoms with Gasteiger partial charge in [-0.15, -0.1) is 0 Å². The topological polar surface area (TPSA) is 64.3 Å². The van der Waals surface area contributed by atoms with Crippen molar-refractivity contribution in [3.63, 3.8) is 0 Å². The van der Waals surface area contributed by atoms with Gasteiger partial charge in [-0.25, -0.2) is 9.97 Å². The Bertz CT molecular complexity index is 490. The minimum Gasteiger partial charge on any atom is -0.388 e. The molecule has 110 valence electrons. The molecule has 1 aliphatic rings. The Balaban J connectivity index is 2.28. The molecule has 1 unspecified atom stereocenters. The standard InChI is InChI=1S/C14H22N4OS/c1-9-8-12(13(15)20)17-14(16-9)18(6-7-19-3)10(2)11-4-5-11/h8,10-11H,4-7H2,1-3H3,(H2,15,20). The molecular weight excluding hydrogens is 272 g/mol. The average molecular weight is 294 g/mol. The lowest BCUT2D eigenvalue weighted by atomic mass is 10.2. The molecule has 1 aromatic rings. The number of rotatable bonds is 7. The van der Waals surface area contributed by atoms with Gasteiger partial charge in [-0.2, -0.15) is 0 Å². The highest BCUT2D eigenvalue weighted by molar-refractivity contribution is 7.80. The van der Waals surface area contributed by atoms with Crippen LogP contribution in [-0.4, -0.2) is 41.3 Å². The van der Waals surface area contributed by atoms with Gasteiger partial charge in [-0.3, -0.25) is 0 Å². The second-order valence-corrected chi connectivity index (χ2v) is 5.76. The van der Waals surface area contributed by atoms with Gasteiger partial charge in [0.1, 0.15) is 10.7 Å². The summed E-state index contributed by atoms with van der Waals surface area (Å²) in [6, 6.07) is 2.23. The first-order valence-electron chi connectivity index (χ1n) is 6.94. The summed E-state index contributed by atoms with van der Waals surface area (Å²) in [6.45, 7) is 5.58. The smallest absolute Gasteiger partial charge is 0.226 e. The van der Waals surface area contributed by atoms with Crippen molar-refractivity contribution in [2.45, 2.75) is 32.7 Å². The van der Waals surface area contributed by atoms with Gasteiger partial charge in [0.25, 0.3) is 0 Å². The van der Waals surface area contributed by atoms with Crippen LogP contribution in [0.1, 0.15) is 31.2 Å². The zero-order chi connectivity index (χ0) is 14.7. The Hall–Kier alpha value is -1.27. The van der Waals surface area contributed by atoms with Gasteiger partial charge in [0.15, 0.2) is 0 Å². The maximum atomic E-state index is 5.70. The van der Waals surface area contributed by atoms with Gasteiger partial charge in [0.05, 0.1) is 6.61 Å². The molecule has 0 aromatic carbocycles. The van der Waals surface area contributed by atoms with E-state index >= 15 is 0 Å². The second-order valence-electron chi connectivity index (χ2n) is 5.32. The van der Waals surface area contributed by atoms with Crippen molar-refractivity contribution < 1.29 is 4.74 Å². The molecule has 2 rings (SSSR count). The van der Waals surface area contributed by atoms with E-state index in [1.807, 2.05) is 13.0 Å². The summed E-state index contributed by atoms with van der Waals surface area (Å²) in [5.74, 6) is 1.42. The minimum absolute atomic E-state index is 0.308. The third-order valence-electron chi connectivity index (χ3n) is 3.68. The first-order valence-corrected chi connectivity index (χ1v) is 7.34. The van der Waals surface area contributed by atoms with Crippen molar-refractivity contribution in [3.8, 4) is 0 Å². The van der Waals surface area contributed by atoms with Crippen LogP contribution in [0.25, 0.3) is 0 Å². The van der Waals surface area contributed by atoms with Crippen LogP contribution in [0.3, 0.4) is 0 Å². The van der Waals surface area contributed by atoms with Crippen LogP contribution in [0.15, 0.2) is 6.07 Å². The van der Waals surface area contributed by atoms with Gasteiger partial charge >= 0.3 is 0 Å². The predicted molar refractivity (Wildman–Crippen MR) is 84.1 cm³/mol. The quantitative estimate of drug-likeness (QED) is 0.772. The molecule has 1 aromatic heterocycles. The van der Waals surface area contributed by atoms with E-state index in [-0.39, 0.29) is 0 Å². The van der Waals surface area contributed by atoms with Gasteiger partial charge in [-0.1, -0.05) is 12.2 Å². The summed E-state index contributed by atoms with van der Waals surface area (Å²) in [5.41, 5.74) is 7.21. The molecule has 20 heavy (non-hydrogen) atoms. The van der Waals surface area contributed by atoms with Crippen LogP contribution < -0.4 is 10.6 Å². The van der Waals surface area contributed by atoms with E-state index < -0.39 is 0 Å². The zero-order valence-electron chi connectivity index (χ0n) is 12.3. The molecule has 1 fully saturated rings. The van der Waals surface area contributed by atoms with Crippen LogP contribution in [0.2, 0.25) is 0 Å². The van der Waals surface area contributed by atoms with Crippen LogP contribution >= 0.6 is 12.2 Å². The van der Waals surface area contributed by atoms with Crippen molar-refractivity contribution in [3.05, 3.63) is 17.5 Å². The Morgan fingerprint density at radius 3 is 2.80 bits per heavy atom.